The van der Waals surface area contributed by atoms with Gasteiger partial charge in [-0.3, -0.25) is 0 Å². The third kappa shape index (κ3) is 3.11. The van der Waals surface area contributed by atoms with Crippen LogP contribution in [0.5, 0.6) is 0 Å². The number of rotatable bonds is 3. The molecule has 1 heterocycles. The molecule has 1 saturated heterocycles. The van der Waals surface area contributed by atoms with E-state index in [0.29, 0.717) is 6.04 Å². The van der Waals surface area contributed by atoms with Crippen LogP contribution in [-0.2, 0) is 0 Å². The zero-order valence-electron chi connectivity index (χ0n) is 9.90. The van der Waals surface area contributed by atoms with Gasteiger partial charge < -0.3 is 5.32 Å². The van der Waals surface area contributed by atoms with Crippen molar-refractivity contribution in [1.82, 2.24) is 0 Å². The van der Waals surface area contributed by atoms with Gasteiger partial charge in [-0.2, -0.15) is 11.8 Å². The monoisotopic (exact) mass is 253 g/mol. The van der Waals surface area contributed by atoms with Crippen molar-refractivity contribution in [2.24, 2.45) is 0 Å². The van der Waals surface area contributed by atoms with Crippen LogP contribution in [0.4, 0.5) is 5.69 Å². The van der Waals surface area contributed by atoms with Gasteiger partial charge in [-0.15, -0.1) is 11.8 Å². The Morgan fingerprint density at radius 3 is 3.06 bits per heavy atom. The third-order valence-electron chi connectivity index (χ3n) is 3.03. The molecule has 0 bridgehead atoms. The Morgan fingerprint density at radius 1 is 1.44 bits per heavy atom. The summed E-state index contributed by atoms with van der Waals surface area (Å²) in [6.07, 6.45) is 4.77. The van der Waals surface area contributed by atoms with Gasteiger partial charge in [0.1, 0.15) is 0 Å². The minimum atomic E-state index is 0.635. The first-order valence-corrected chi connectivity index (χ1v) is 8.09. The van der Waals surface area contributed by atoms with Crippen molar-refractivity contribution < 1.29 is 0 Å². The minimum absolute atomic E-state index is 0.635. The lowest BCUT2D eigenvalue weighted by atomic mass is 10.1. The quantitative estimate of drug-likeness (QED) is 0.814. The largest absolute Gasteiger partial charge is 0.381 e. The van der Waals surface area contributed by atoms with E-state index in [4.69, 9.17) is 0 Å². The molecular weight excluding hydrogens is 234 g/mol. The molecule has 1 nitrogen and oxygen atoms in total. The Labute approximate surface area is 107 Å². The molecule has 0 aliphatic carbocycles. The fraction of sp³-hybridized carbons (Fsp3) is 0.538. The zero-order valence-corrected chi connectivity index (χ0v) is 11.5. The lowest BCUT2D eigenvalue weighted by Crippen LogP contribution is -2.32. The topological polar surface area (TPSA) is 12.0 Å². The molecule has 1 fully saturated rings. The Morgan fingerprint density at radius 2 is 2.31 bits per heavy atom. The maximum absolute atomic E-state index is 3.67. The fourth-order valence-corrected chi connectivity index (χ4v) is 3.64. The van der Waals surface area contributed by atoms with Crippen molar-refractivity contribution in [2.75, 3.05) is 17.3 Å². The molecule has 1 aromatic carbocycles. The van der Waals surface area contributed by atoms with Gasteiger partial charge in [-0.1, -0.05) is 13.0 Å². The van der Waals surface area contributed by atoms with Crippen LogP contribution in [-0.4, -0.2) is 23.3 Å². The molecule has 3 heteroatoms. The standard InChI is InChI=1S/C13H19NS2/c1-10-13(7-4-8-16-10)14-11-5-3-6-12(9-11)15-2/h3,5-6,9-10,13-14H,4,7-8H2,1-2H3. The van der Waals surface area contributed by atoms with Crippen LogP contribution in [0, 0.1) is 0 Å². The van der Waals surface area contributed by atoms with Gasteiger partial charge in [-0.25, -0.2) is 0 Å². The van der Waals surface area contributed by atoms with Crippen LogP contribution in [0.3, 0.4) is 0 Å². The summed E-state index contributed by atoms with van der Waals surface area (Å²) < 4.78 is 0. The predicted molar refractivity (Wildman–Crippen MR) is 76.8 cm³/mol. The number of anilines is 1. The molecule has 2 unspecified atom stereocenters. The summed E-state index contributed by atoms with van der Waals surface area (Å²) in [5.74, 6) is 1.32. The van der Waals surface area contributed by atoms with Crippen molar-refractivity contribution in [2.45, 2.75) is 36.0 Å². The molecular formula is C13H19NS2. The average Bonchev–Trinajstić information content (AvgIpc) is 2.32. The molecule has 88 valence electrons. The molecule has 0 radical (unpaired) electrons. The number of hydrogen-bond donors (Lipinski definition) is 1. The first-order valence-electron chi connectivity index (χ1n) is 5.82. The average molecular weight is 253 g/mol. The molecule has 16 heavy (non-hydrogen) atoms. The first-order chi connectivity index (χ1) is 7.79. The van der Waals surface area contributed by atoms with Crippen molar-refractivity contribution >= 4 is 29.2 Å². The number of hydrogen-bond acceptors (Lipinski definition) is 3. The number of thioether (sulfide) groups is 2. The summed E-state index contributed by atoms with van der Waals surface area (Å²) in [5.41, 5.74) is 1.27. The SMILES string of the molecule is CSc1cccc(NC2CCCSC2C)c1. The van der Waals surface area contributed by atoms with Crippen LogP contribution >= 0.6 is 23.5 Å². The molecule has 1 N–H and O–H groups in total. The van der Waals surface area contributed by atoms with Crippen molar-refractivity contribution in [3.8, 4) is 0 Å². The summed E-state index contributed by atoms with van der Waals surface area (Å²) in [5, 5.41) is 4.40. The molecule has 0 spiro atoms. The van der Waals surface area contributed by atoms with Crippen LogP contribution in [0.1, 0.15) is 19.8 Å². The summed E-state index contributed by atoms with van der Waals surface area (Å²) >= 11 is 3.89. The van der Waals surface area contributed by atoms with Crippen LogP contribution < -0.4 is 5.32 Å². The van der Waals surface area contributed by atoms with E-state index >= 15 is 0 Å². The van der Waals surface area contributed by atoms with Crippen LogP contribution in [0.25, 0.3) is 0 Å². The number of nitrogens with one attached hydrogen (secondary N) is 1. The molecule has 2 rings (SSSR count). The maximum atomic E-state index is 3.67. The highest BCUT2D eigenvalue weighted by atomic mass is 32.2. The molecule has 2 atom stereocenters. The van der Waals surface area contributed by atoms with E-state index in [-0.39, 0.29) is 0 Å². The minimum Gasteiger partial charge on any atom is -0.381 e. The van der Waals surface area contributed by atoms with Crippen molar-refractivity contribution in [3.05, 3.63) is 24.3 Å². The van der Waals surface area contributed by atoms with Gasteiger partial charge >= 0.3 is 0 Å². The highest BCUT2D eigenvalue weighted by Gasteiger charge is 2.21. The number of benzene rings is 1. The summed E-state index contributed by atoms with van der Waals surface area (Å²) in [4.78, 5) is 1.33. The van der Waals surface area contributed by atoms with Gasteiger partial charge in [0.05, 0.1) is 0 Å². The zero-order chi connectivity index (χ0) is 11.4. The predicted octanol–water partition coefficient (Wildman–Crippen LogP) is 4.10. The Bertz CT molecular complexity index is 340. The Balaban J connectivity index is 2.01. The summed E-state index contributed by atoms with van der Waals surface area (Å²) in [6, 6.07) is 9.35. The lowest BCUT2D eigenvalue weighted by Gasteiger charge is -2.30. The smallest absolute Gasteiger partial charge is 0.0377 e. The summed E-state index contributed by atoms with van der Waals surface area (Å²) in [7, 11) is 0. The van der Waals surface area contributed by atoms with Gasteiger partial charge in [0.15, 0.2) is 0 Å². The van der Waals surface area contributed by atoms with Gasteiger partial charge in [-0.05, 0) is 43.0 Å². The highest BCUT2D eigenvalue weighted by Crippen LogP contribution is 2.28. The molecule has 1 aliphatic rings. The molecule has 0 amide bonds. The molecule has 0 saturated carbocycles. The van der Waals surface area contributed by atoms with Gasteiger partial charge in [0, 0.05) is 21.9 Å². The van der Waals surface area contributed by atoms with Crippen LogP contribution in [0.2, 0.25) is 0 Å². The van der Waals surface area contributed by atoms with Gasteiger partial charge in [0.25, 0.3) is 0 Å². The maximum Gasteiger partial charge on any atom is 0.0377 e. The van der Waals surface area contributed by atoms with E-state index in [0.717, 1.165) is 5.25 Å². The van der Waals surface area contributed by atoms with E-state index in [1.807, 2.05) is 0 Å². The van der Waals surface area contributed by atoms with Crippen molar-refractivity contribution in [3.63, 3.8) is 0 Å². The molecule has 1 aliphatic heterocycles. The molecule has 0 aromatic heterocycles. The third-order valence-corrected chi connectivity index (χ3v) is 5.13. The van der Waals surface area contributed by atoms with E-state index in [2.05, 4.69) is 54.5 Å². The van der Waals surface area contributed by atoms with E-state index in [1.54, 1.807) is 11.8 Å². The fourth-order valence-electron chi connectivity index (χ4n) is 2.04. The van der Waals surface area contributed by atoms with Gasteiger partial charge in [0.2, 0.25) is 0 Å². The second kappa shape index (κ2) is 5.87. The second-order valence-electron chi connectivity index (χ2n) is 4.20. The Hall–Kier alpha value is -0.280. The normalized spacial score (nSPS) is 25.4. The lowest BCUT2D eigenvalue weighted by molar-refractivity contribution is 0.617. The van der Waals surface area contributed by atoms with Crippen LogP contribution in [0.15, 0.2) is 29.2 Å². The van der Waals surface area contributed by atoms with E-state index < -0.39 is 0 Å². The van der Waals surface area contributed by atoms with Crippen molar-refractivity contribution in [1.29, 1.82) is 0 Å². The molecule has 1 aromatic rings. The summed E-state index contributed by atoms with van der Waals surface area (Å²) in [6.45, 7) is 2.33. The second-order valence-corrected chi connectivity index (χ2v) is 6.57. The highest BCUT2D eigenvalue weighted by molar-refractivity contribution is 8.00. The van der Waals surface area contributed by atoms with E-state index in [9.17, 15) is 0 Å². The first kappa shape index (κ1) is 12.2. The Kier molecular flexibility index (Phi) is 4.47. The van der Waals surface area contributed by atoms with E-state index in [1.165, 1.54) is 29.2 Å².